The lowest BCUT2D eigenvalue weighted by molar-refractivity contribution is 0.364. The summed E-state index contributed by atoms with van der Waals surface area (Å²) in [6.07, 6.45) is 2.47. The van der Waals surface area contributed by atoms with E-state index in [1.807, 2.05) is 0 Å². The van der Waals surface area contributed by atoms with Crippen LogP contribution in [0.4, 0.5) is 0 Å². The molecule has 18 heavy (non-hydrogen) atoms. The van der Waals surface area contributed by atoms with Gasteiger partial charge < -0.3 is 10.3 Å². The number of hydrogen-bond acceptors (Lipinski definition) is 1. The van der Waals surface area contributed by atoms with E-state index in [1.165, 1.54) is 35.0 Å². The maximum absolute atomic E-state index is 3.65. The molecule has 2 aromatic rings. The van der Waals surface area contributed by atoms with E-state index in [4.69, 9.17) is 0 Å². The molecular formula is C16H24N2. The first-order valence-electron chi connectivity index (χ1n) is 6.55. The van der Waals surface area contributed by atoms with Gasteiger partial charge in [0.15, 0.2) is 0 Å². The molecule has 0 saturated carbocycles. The van der Waals surface area contributed by atoms with E-state index in [0.717, 1.165) is 13.1 Å². The van der Waals surface area contributed by atoms with E-state index >= 15 is 0 Å². The molecule has 98 valence electrons. The summed E-state index contributed by atoms with van der Waals surface area (Å²) >= 11 is 0. The summed E-state index contributed by atoms with van der Waals surface area (Å²) in [6, 6.07) is 8.64. The Hall–Kier alpha value is -1.28. The SMILES string of the molecule is C.CCCC1(C)CNCc2c1[nH]c1ccccc21. The number of fused-ring (bicyclic) bond motifs is 3. The largest absolute Gasteiger partial charge is 0.358 e. The van der Waals surface area contributed by atoms with Crippen LogP contribution in [0.3, 0.4) is 0 Å². The average molecular weight is 244 g/mol. The molecule has 3 rings (SSSR count). The monoisotopic (exact) mass is 244 g/mol. The Morgan fingerprint density at radius 2 is 2.06 bits per heavy atom. The zero-order valence-electron chi connectivity index (χ0n) is 10.6. The van der Waals surface area contributed by atoms with E-state index in [9.17, 15) is 0 Å². The predicted molar refractivity (Wildman–Crippen MR) is 79.0 cm³/mol. The smallest absolute Gasteiger partial charge is 0.0459 e. The molecule has 2 heteroatoms. The molecule has 2 heterocycles. The van der Waals surface area contributed by atoms with Crippen LogP contribution in [0.1, 0.15) is 45.4 Å². The van der Waals surface area contributed by atoms with Crippen molar-refractivity contribution in [3.05, 3.63) is 35.5 Å². The number of nitrogens with one attached hydrogen (secondary N) is 2. The van der Waals surface area contributed by atoms with Crippen LogP contribution < -0.4 is 5.32 Å². The van der Waals surface area contributed by atoms with Crippen molar-refractivity contribution in [3.63, 3.8) is 0 Å². The zero-order chi connectivity index (χ0) is 11.9. The van der Waals surface area contributed by atoms with Gasteiger partial charge in [0.2, 0.25) is 0 Å². The zero-order valence-corrected chi connectivity index (χ0v) is 10.6. The predicted octanol–water partition coefficient (Wildman–Crippen LogP) is 3.97. The number of para-hydroxylation sites is 1. The van der Waals surface area contributed by atoms with Gasteiger partial charge in [-0.2, -0.15) is 0 Å². The summed E-state index contributed by atoms with van der Waals surface area (Å²) in [5.41, 5.74) is 4.48. The van der Waals surface area contributed by atoms with Gasteiger partial charge in [-0.25, -0.2) is 0 Å². The molecule has 1 aromatic carbocycles. The Morgan fingerprint density at radius 3 is 2.83 bits per heavy atom. The fourth-order valence-electron chi connectivity index (χ4n) is 3.22. The maximum atomic E-state index is 3.65. The Labute approximate surface area is 110 Å². The third-order valence-corrected chi connectivity index (χ3v) is 4.04. The van der Waals surface area contributed by atoms with Gasteiger partial charge in [0, 0.05) is 35.1 Å². The fourth-order valence-corrected chi connectivity index (χ4v) is 3.22. The molecule has 1 aliphatic rings. The fraction of sp³-hybridized carbons (Fsp3) is 0.500. The lowest BCUT2D eigenvalue weighted by Crippen LogP contribution is -2.40. The van der Waals surface area contributed by atoms with Crippen LogP contribution >= 0.6 is 0 Å². The molecule has 1 aromatic heterocycles. The maximum Gasteiger partial charge on any atom is 0.0459 e. The summed E-state index contributed by atoms with van der Waals surface area (Å²) in [6.45, 7) is 6.72. The van der Waals surface area contributed by atoms with Gasteiger partial charge >= 0.3 is 0 Å². The summed E-state index contributed by atoms with van der Waals surface area (Å²) in [7, 11) is 0. The third-order valence-electron chi connectivity index (χ3n) is 4.04. The van der Waals surface area contributed by atoms with Crippen molar-refractivity contribution >= 4 is 10.9 Å². The van der Waals surface area contributed by atoms with Crippen molar-refractivity contribution in [2.45, 2.75) is 46.1 Å². The van der Waals surface area contributed by atoms with Gasteiger partial charge in [-0.05, 0) is 18.1 Å². The Morgan fingerprint density at radius 1 is 1.28 bits per heavy atom. The highest BCUT2D eigenvalue weighted by Gasteiger charge is 2.33. The van der Waals surface area contributed by atoms with Crippen LogP contribution in [-0.4, -0.2) is 11.5 Å². The summed E-state index contributed by atoms with van der Waals surface area (Å²) in [4.78, 5) is 3.65. The third kappa shape index (κ3) is 1.85. The van der Waals surface area contributed by atoms with Crippen molar-refractivity contribution in [1.29, 1.82) is 0 Å². The van der Waals surface area contributed by atoms with Crippen molar-refractivity contribution in [2.75, 3.05) is 6.54 Å². The molecule has 0 radical (unpaired) electrons. The van der Waals surface area contributed by atoms with Crippen molar-refractivity contribution in [3.8, 4) is 0 Å². The normalized spacial score (nSPS) is 22.6. The van der Waals surface area contributed by atoms with Gasteiger partial charge in [0.05, 0.1) is 0 Å². The quantitative estimate of drug-likeness (QED) is 0.822. The highest BCUT2D eigenvalue weighted by Crippen LogP contribution is 2.37. The van der Waals surface area contributed by atoms with Crippen LogP contribution in [0, 0.1) is 0 Å². The molecular weight excluding hydrogens is 220 g/mol. The topological polar surface area (TPSA) is 27.8 Å². The minimum Gasteiger partial charge on any atom is -0.358 e. The Balaban J connectivity index is 0.00000120. The molecule has 0 aliphatic carbocycles. The molecule has 0 amide bonds. The second kappa shape index (κ2) is 4.77. The summed E-state index contributed by atoms with van der Waals surface area (Å²) < 4.78 is 0. The molecule has 0 saturated heterocycles. The first kappa shape index (κ1) is 13.2. The van der Waals surface area contributed by atoms with Gasteiger partial charge in [-0.3, -0.25) is 0 Å². The lowest BCUT2D eigenvalue weighted by Gasteiger charge is -2.34. The van der Waals surface area contributed by atoms with Crippen LogP contribution in [-0.2, 0) is 12.0 Å². The molecule has 2 N–H and O–H groups in total. The summed E-state index contributed by atoms with van der Waals surface area (Å²) in [5, 5.41) is 4.96. The van der Waals surface area contributed by atoms with E-state index in [-0.39, 0.29) is 12.8 Å². The lowest BCUT2D eigenvalue weighted by atomic mass is 9.78. The van der Waals surface area contributed by atoms with Crippen LogP contribution in [0.5, 0.6) is 0 Å². The number of hydrogen-bond donors (Lipinski definition) is 2. The Bertz CT molecular complexity index is 541. The molecule has 0 bridgehead atoms. The summed E-state index contributed by atoms with van der Waals surface area (Å²) in [5.74, 6) is 0. The standard InChI is InChI=1S/C15H20N2.CH4/c1-3-8-15(2)10-16-9-12-11-6-4-5-7-13(11)17-14(12)15;/h4-7,16-17H,3,8-10H2,1-2H3;1H4. The van der Waals surface area contributed by atoms with Gasteiger partial charge in [-0.1, -0.05) is 45.9 Å². The highest BCUT2D eigenvalue weighted by atomic mass is 14.9. The highest BCUT2D eigenvalue weighted by molar-refractivity contribution is 5.85. The second-order valence-electron chi connectivity index (χ2n) is 5.44. The van der Waals surface area contributed by atoms with Crippen molar-refractivity contribution in [2.24, 2.45) is 0 Å². The Kier molecular flexibility index (Phi) is 3.49. The number of aromatic amines is 1. The van der Waals surface area contributed by atoms with E-state index in [1.54, 1.807) is 0 Å². The molecule has 1 atom stereocenters. The van der Waals surface area contributed by atoms with Crippen LogP contribution in [0.25, 0.3) is 10.9 Å². The van der Waals surface area contributed by atoms with Gasteiger partial charge in [-0.15, -0.1) is 0 Å². The van der Waals surface area contributed by atoms with E-state index in [0.29, 0.717) is 0 Å². The van der Waals surface area contributed by atoms with E-state index < -0.39 is 0 Å². The number of rotatable bonds is 2. The molecule has 1 unspecified atom stereocenters. The van der Waals surface area contributed by atoms with Crippen LogP contribution in [0.15, 0.2) is 24.3 Å². The molecule has 0 spiro atoms. The number of benzene rings is 1. The molecule has 1 aliphatic heterocycles. The minimum atomic E-state index is 0. The number of H-pyrrole nitrogens is 1. The first-order chi connectivity index (χ1) is 8.24. The number of aromatic nitrogens is 1. The minimum absolute atomic E-state index is 0. The molecule has 0 fully saturated rings. The average Bonchev–Trinajstić information content (AvgIpc) is 2.70. The first-order valence-corrected chi connectivity index (χ1v) is 6.55. The molecule has 2 nitrogen and oxygen atoms in total. The van der Waals surface area contributed by atoms with Gasteiger partial charge in [0.25, 0.3) is 0 Å². The van der Waals surface area contributed by atoms with Gasteiger partial charge in [0.1, 0.15) is 0 Å². The second-order valence-corrected chi connectivity index (χ2v) is 5.44. The van der Waals surface area contributed by atoms with Crippen LogP contribution in [0.2, 0.25) is 0 Å². The van der Waals surface area contributed by atoms with Crippen molar-refractivity contribution in [1.82, 2.24) is 10.3 Å². The van der Waals surface area contributed by atoms with Crippen molar-refractivity contribution < 1.29 is 0 Å². The van der Waals surface area contributed by atoms with E-state index in [2.05, 4.69) is 48.4 Å².